The maximum absolute atomic E-state index is 12.3. The van der Waals surface area contributed by atoms with Crippen LogP contribution in [-0.4, -0.2) is 41.2 Å². The first-order valence-electron chi connectivity index (χ1n) is 6.66. The number of carbonyl (C=O) groups excluding carboxylic acids is 1. The Balaban J connectivity index is 1.67. The average molecular weight is 258 g/mol. The Bertz CT molecular complexity index is 486. The maximum atomic E-state index is 12.3. The van der Waals surface area contributed by atoms with E-state index in [0.717, 1.165) is 12.1 Å². The molecule has 0 saturated carbocycles. The van der Waals surface area contributed by atoms with Crippen LogP contribution in [0.1, 0.15) is 12.5 Å². The van der Waals surface area contributed by atoms with Crippen molar-refractivity contribution in [3.05, 3.63) is 48.0 Å². The van der Waals surface area contributed by atoms with Gasteiger partial charge in [-0.05, 0) is 12.5 Å². The molecular weight excluding hydrogens is 240 g/mol. The predicted octanol–water partition coefficient (Wildman–Crippen LogP) is 1.59. The Labute approximate surface area is 113 Å². The van der Waals surface area contributed by atoms with Gasteiger partial charge in [0, 0.05) is 12.6 Å². The van der Waals surface area contributed by atoms with Gasteiger partial charge in [-0.25, -0.2) is 5.06 Å². The van der Waals surface area contributed by atoms with Crippen LogP contribution >= 0.6 is 0 Å². The zero-order valence-corrected chi connectivity index (χ0v) is 11.0. The first-order valence-corrected chi connectivity index (χ1v) is 6.66. The molecule has 2 aliphatic heterocycles. The van der Waals surface area contributed by atoms with Crippen molar-refractivity contribution in [2.45, 2.75) is 25.5 Å². The number of amides is 1. The van der Waals surface area contributed by atoms with Crippen LogP contribution in [0.2, 0.25) is 0 Å². The van der Waals surface area contributed by atoms with Crippen LogP contribution in [0.15, 0.2) is 42.5 Å². The molecule has 3 rings (SSSR count). The summed E-state index contributed by atoms with van der Waals surface area (Å²) >= 11 is 0. The Hall–Kier alpha value is -1.65. The summed E-state index contributed by atoms with van der Waals surface area (Å²) in [6.07, 6.45) is 4.52. The molecule has 1 aromatic carbocycles. The number of carbonyl (C=O) groups is 1. The minimum atomic E-state index is -0.0118. The fraction of sp³-hybridized carbons (Fsp3) is 0.400. The van der Waals surface area contributed by atoms with Crippen molar-refractivity contribution in [2.24, 2.45) is 0 Å². The molecule has 1 fully saturated rings. The van der Waals surface area contributed by atoms with E-state index in [1.165, 1.54) is 5.06 Å². The molecule has 1 saturated heterocycles. The third kappa shape index (κ3) is 2.55. The summed E-state index contributed by atoms with van der Waals surface area (Å²) in [6, 6.07) is 10.1. The van der Waals surface area contributed by atoms with Crippen molar-refractivity contribution in [1.82, 2.24) is 9.96 Å². The Morgan fingerprint density at radius 2 is 2.16 bits per heavy atom. The van der Waals surface area contributed by atoms with E-state index in [0.29, 0.717) is 19.1 Å². The third-order valence-corrected chi connectivity index (χ3v) is 3.75. The van der Waals surface area contributed by atoms with Crippen molar-refractivity contribution in [3.8, 4) is 0 Å². The normalized spacial score (nSPS) is 29.3. The smallest absolute Gasteiger partial charge is 0.251 e. The number of hydrogen-bond acceptors (Lipinski definition) is 3. The second-order valence-electron chi connectivity index (χ2n) is 5.09. The van der Waals surface area contributed by atoms with Gasteiger partial charge in [0.15, 0.2) is 0 Å². The minimum absolute atomic E-state index is 0.0118. The Kier molecular flexibility index (Phi) is 3.36. The van der Waals surface area contributed by atoms with Gasteiger partial charge in [0.2, 0.25) is 0 Å². The van der Waals surface area contributed by atoms with Crippen LogP contribution in [0, 0.1) is 0 Å². The first kappa shape index (κ1) is 12.4. The molecule has 0 N–H and O–H groups in total. The lowest BCUT2D eigenvalue weighted by Crippen LogP contribution is -2.58. The van der Waals surface area contributed by atoms with Gasteiger partial charge in [0.25, 0.3) is 5.91 Å². The quantitative estimate of drug-likeness (QED) is 0.755. The van der Waals surface area contributed by atoms with E-state index in [2.05, 4.69) is 17.9 Å². The van der Waals surface area contributed by atoms with Crippen molar-refractivity contribution < 1.29 is 9.63 Å². The molecule has 2 bridgehead atoms. The second-order valence-corrected chi connectivity index (χ2v) is 5.09. The molecule has 0 radical (unpaired) electrons. The van der Waals surface area contributed by atoms with E-state index in [-0.39, 0.29) is 12.0 Å². The van der Waals surface area contributed by atoms with Gasteiger partial charge in [-0.3, -0.25) is 14.5 Å². The Morgan fingerprint density at radius 3 is 2.89 bits per heavy atom. The molecule has 2 heterocycles. The van der Waals surface area contributed by atoms with Crippen LogP contribution < -0.4 is 0 Å². The monoisotopic (exact) mass is 258 g/mol. The van der Waals surface area contributed by atoms with E-state index in [9.17, 15) is 4.79 Å². The molecule has 1 amide bonds. The van der Waals surface area contributed by atoms with E-state index in [1.54, 1.807) is 0 Å². The summed E-state index contributed by atoms with van der Waals surface area (Å²) in [5, 5.41) is 1.50. The highest BCUT2D eigenvalue weighted by molar-refractivity contribution is 5.77. The topological polar surface area (TPSA) is 32.8 Å². The van der Waals surface area contributed by atoms with Gasteiger partial charge < -0.3 is 0 Å². The lowest BCUT2D eigenvalue weighted by molar-refractivity contribution is -0.250. The summed E-state index contributed by atoms with van der Waals surface area (Å²) in [7, 11) is 0. The largest absolute Gasteiger partial charge is 0.274 e. The van der Waals surface area contributed by atoms with E-state index in [1.807, 2.05) is 36.4 Å². The van der Waals surface area contributed by atoms with Gasteiger partial charge in [-0.15, -0.1) is 0 Å². The second kappa shape index (κ2) is 5.15. The summed E-state index contributed by atoms with van der Waals surface area (Å²) < 4.78 is 0. The number of nitrogens with zero attached hydrogens (tertiary/aromatic N) is 2. The molecule has 0 spiro atoms. The molecule has 3 atom stereocenters. The molecule has 1 aromatic rings. The van der Waals surface area contributed by atoms with Crippen LogP contribution in [0.25, 0.3) is 0 Å². The molecule has 4 nitrogen and oxygen atoms in total. The fourth-order valence-corrected chi connectivity index (χ4v) is 2.52. The number of benzene rings is 1. The SMILES string of the molecule is CC1C2C=CCN1CN(C(=O)Cc1ccccc1)O2. The van der Waals surface area contributed by atoms with Gasteiger partial charge in [0.1, 0.15) is 12.8 Å². The molecular formula is C15H18N2O2. The van der Waals surface area contributed by atoms with Crippen molar-refractivity contribution in [1.29, 1.82) is 0 Å². The zero-order valence-electron chi connectivity index (χ0n) is 11.0. The molecule has 19 heavy (non-hydrogen) atoms. The van der Waals surface area contributed by atoms with Gasteiger partial charge in [-0.1, -0.05) is 42.5 Å². The number of rotatable bonds is 2. The lowest BCUT2D eigenvalue weighted by Gasteiger charge is -2.44. The van der Waals surface area contributed by atoms with E-state index >= 15 is 0 Å². The molecule has 100 valence electrons. The summed E-state index contributed by atoms with van der Waals surface area (Å²) in [5.41, 5.74) is 1.02. The predicted molar refractivity (Wildman–Crippen MR) is 72.0 cm³/mol. The summed E-state index contributed by atoms with van der Waals surface area (Å²) in [6.45, 7) is 3.57. The number of hydroxylamine groups is 2. The van der Waals surface area contributed by atoms with Crippen molar-refractivity contribution in [3.63, 3.8) is 0 Å². The average Bonchev–Trinajstić information content (AvgIpc) is 2.39. The van der Waals surface area contributed by atoms with Gasteiger partial charge in [-0.2, -0.15) is 0 Å². The number of fused-ring (bicyclic) bond motifs is 2. The zero-order chi connectivity index (χ0) is 13.2. The highest BCUT2D eigenvalue weighted by atomic mass is 16.7. The van der Waals surface area contributed by atoms with E-state index < -0.39 is 0 Å². The van der Waals surface area contributed by atoms with E-state index in [4.69, 9.17) is 4.84 Å². The van der Waals surface area contributed by atoms with Crippen LogP contribution in [0.3, 0.4) is 0 Å². The summed E-state index contributed by atoms with van der Waals surface area (Å²) in [4.78, 5) is 20.3. The maximum Gasteiger partial charge on any atom is 0.251 e. The fourth-order valence-electron chi connectivity index (χ4n) is 2.52. The first-order chi connectivity index (χ1) is 9.24. The minimum Gasteiger partial charge on any atom is -0.274 e. The highest BCUT2D eigenvalue weighted by Gasteiger charge is 2.35. The lowest BCUT2D eigenvalue weighted by atomic mass is 10.1. The van der Waals surface area contributed by atoms with Crippen LogP contribution in [-0.2, 0) is 16.1 Å². The standard InChI is InChI=1S/C15H18N2O2/c1-12-14-8-5-9-16(12)11-17(19-14)15(18)10-13-6-3-2-4-7-13/h2-8,12,14H,9-11H2,1H3. The highest BCUT2D eigenvalue weighted by Crippen LogP contribution is 2.22. The van der Waals surface area contributed by atoms with Crippen molar-refractivity contribution >= 4 is 5.91 Å². The summed E-state index contributed by atoms with van der Waals surface area (Å²) in [5.74, 6) is 0.0170. The van der Waals surface area contributed by atoms with Crippen LogP contribution in [0.5, 0.6) is 0 Å². The van der Waals surface area contributed by atoms with Gasteiger partial charge in [0.05, 0.1) is 6.42 Å². The molecule has 3 unspecified atom stereocenters. The molecule has 0 aromatic heterocycles. The van der Waals surface area contributed by atoms with Crippen molar-refractivity contribution in [2.75, 3.05) is 13.2 Å². The molecule has 4 heteroatoms. The Morgan fingerprint density at radius 1 is 1.37 bits per heavy atom. The molecule has 2 aliphatic rings. The number of hydrogen-bond donors (Lipinski definition) is 0. The molecule has 0 aliphatic carbocycles. The third-order valence-electron chi connectivity index (χ3n) is 3.75. The van der Waals surface area contributed by atoms with Gasteiger partial charge >= 0.3 is 0 Å². The van der Waals surface area contributed by atoms with Crippen LogP contribution in [0.4, 0.5) is 0 Å².